The minimum Gasteiger partial charge on any atom is -0.377 e. The molecule has 2 nitrogen and oxygen atoms in total. The van der Waals surface area contributed by atoms with E-state index in [1.54, 1.807) is 0 Å². The molecule has 0 aromatic carbocycles. The molecule has 1 atom stereocenters. The molecule has 0 amide bonds. The Morgan fingerprint density at radius 1 is 0.409 bits per heavy atom. The summed E-state index contributed by atoms with van der Waals surface area (Å²) < 4.78 is 6.35. The van der Waals surface area contributed by atoms with Crippen LogP contribution in [0.25, 0.3) is 0 Å². The van der Waals surface area contributed by atoms with Crippen molar-refractivity contribution >= 4 is 0 Å². The Morgan fingerprint density at radius 3 is 1.09 bits per heavy atom. The number of likely N-dealkylation sites (N-methyl/N-ethyl adjacent to an activating group) is 1. The highest BCUT2D eigenvalue weighted by molar-refractivity contribution is 4.82. The Labute approximate surface area is 279 Å². The van der Waals surface area contributed by atoms with E-state index in [0.717, 1.165) is 13.2 Å². The zero-order chi connectivity index (χ0) is 32.0. The molecule has 0 saturated heterocycles. The van der Waals surface area contributed by atoms with Crippen LogP contribution in [0.5, 0.6) is 0 Å². The van der Waals surface area contributed by atoms with Crippen LogP contribution in [0.3, 0.4) is 0 Å². The van der Waals surface area contributed by atoms with Crippen molar-refractivity contribution in [1.82, 2.24) is 4.90 Å². The van der Waals surface area contributed by atoms with Crippen molar-refractivity contribution in [3.8, 4) is 0 Å². The fourth-order valence-electron chi connectivity index (χ4n) is 6.21. The van der Waals surface area contributed by atoms with Gasteiger partial charge >= 0.3 is 0 Å². The van der Waals surface area contributed by atoms with Gasteiger partial charge in [0.1, 0.15) is 0 Å². The predicted octanol–water partition coefficient (Wildman–Crippen LogP) is 14.2. The summed E-state index contributed by atoms with van der Waals surface area (Å²) in [7, 11) is 4.37. The van der Waals surface area contributed by atoms with E-state index in [0.29, 0.717) is 6.10 Å². The van der Waals surface area contributed by atoms with Crippen LogP contribution in [0.2, 0.25) is 0 Å². The van der Waals surface area contributed by atoms with Crippen LogP contribution in [0.15, 0.2) is 24.3 Å². The summed E-state index contributed by atoms with van der Waals surface area (Å²) in [6.07, 6.45) is 52.7. The van der Waals surface area contributed by atoms with Gasteiger partial charge in [-0.2, -0.15) is 0 Å². The molecule has 0 aromatic heterocycles. The van der Waals surface area contributed by atoms with Gasteiger partial charge < -0.3 is 9.64 Å². The lowest BCUT2D eigenvalue weighted by Gasteiger charge is -2.21. The fraction of sp³-hybridized carbons (Fsp3) is 0.905. The number of allylic oxidation sites excluding steroid dienone is 4. The van der Waals surface area contributed by atoms with E-state index in [4.69, 9.17) is 4.74 Å². The maximum absolute atomic E-state index is 6.35. The molecule has 0 saturated carbocycles. The minimum absolute atomic E-state index is 0.419. The third kappa shape index (κ3) is 37.6. The van der Waals surface area contributed by atoms with E-state index in [2.05, 4.69) is 57.1 Å². The third-order valence-electron chi connectivity index (χ3n) is 9.12. The van der Waals surface area contributed by atoms with Gasteiger partial charge in [-0.05, 0) is 78.3 Å². The van der Waals surface area contributed by atoms with E-state index in [-0.39, 0.29) is 0 Å². The van der Waals surface area contributed by atoms with E-state index in [1.165, 1.54) is 199 Å². The summed E-state index contributed by atoms with van der Waals surface area (Å²) in [4.78, 5) is 2.30. The van der Waals surface area contributed by atoms with Gasteiger partial charge in [0.15, 0.2) is 0 Å². The second kappa shape index (κ2) is 38.6. The Hall–Kier alpha value is -0.600. The Balaban J connectivity index is 3.52. The van der Waals surface area contributed by atoms with Crippen molar-refractivity contribution in [2.75, 3.05) is 27.2 Å². The van der Waals surface area contributed by atoms with Crippen LogP contribution in [-0.4, -0.2) is 38.3 Å². The molecule has 44 heavy (non-hydrogen) atoms. The molecule has 0 rings (SSSR count). The van der Waals surface area contributed by atoms with Gasteiger partial charge in [-0.3, -0.25) is 0 Å². The lowest BCUT2D eigenvalue weighted by atomic mass is 10.0. The summed E-state index contributed by atoms with van der Waals surface area (Å²) in [5.41, 5.74) is 0. The molecule has 0 spiro atoms. The molecule has 2 heteroatoms. The highest BCUT2D eigenvalue weighted by Gasteiger charge is 2.10. The summed E-state index contributed by atoms with van der Waals surface area (Å²) in [5, 5.41) is 0. The van der Waals surface area contributed by atoms with Crippen LogP contribution in [0.4, 0.5) is 0 Å². The Morgan fingerprint density at radius 2 is 0.727 bits per heavy atom. The highest BCUT2D eigenvalue weighted by atomic mass is 16.5. The first kappa shape index (κ1) is 43.4. The van der Waals surface area contributed by atoms with Crippen molar-refractivity contribution in [2.24, 2.45) is 0 Å². The maximum atomic E-state index is 6.35. The molecular weight excluding hydrogens is 534 g/mol. The largest absolute Gasteiger partial charge is 0.377 e. The van der Waals surface area contributed by atoms with Gasteiger partial charge in [0.2, 0.25) is 0 Å². The first-order valence-corrected chi connectivity index (χ1v) is 20.3. The first-order valence-electron chi connectivity index (χ1n) is 20.3. The molecule has 1 unspecified atom stereocenters. The molecule has 0 heterocycles. The van der Waals surface area contributed by atoms with E-state index in [1.807, 2.05) is 0 Å². The summed E-state index contributed by atoms with van der Waals surface area (Å²) in [5.74, 6) is 0. The zero-order valence-electron chi connectivity index (χ0n) is 31.1. The number of nitrogens with zero attached hydrogens (tertiary/aromatic N) is 1. The van der Waals surface area contributed by atoms with Gasteiger partial charge in [0, 0.05) is 13.2 Å². The second-order valence-electron chi connectivity index (χ2n) is 14.1. The van der Waals surface area contributed by atoms with Gasteiger partial charge in [-0.1, -0.05) is 173 Å². The lowest BCUT2D eigenvalue weighted by Crippen LogP contribution is -2.28. The quantitative estimate of drug-likeness (QED) is 0.0508. The van der Waals surface area contributed by atoms with E-state index < -0.39 is 0 Å². The van der Waals surface area contributed by atoms with Crippen LogP contribution in [-0.2, 0) is 4.74 Å². The monoisotopic (exact) mass is 618 g/mol. The molecule has 0 aliphatic heterocycles. The van der Waals surface area contributed by atoms with E-state index in [9.17, 15) is 0 Å². The van der Waals surface area contributed by atoms with Crippen molar-refractivity contribution < 1.29 is 4.74 Å². The van der Waals surface area contributed by atoms with Crippen LogP contribution in [0, 0.1) is 0 Å². The molecule has 0 aliphatic rings. The number of hydrogen-bond acceptors (Lipinski definition) is 2. The topological polar surface area (TPSA) is 12.5 Å². The number of unbranched alkanes of at least 4 members (excludes halogenated alkanes) is 26. The molecular formula is C42H83NO. The first-order chi connectivity index (χ1) is 21.7. The fourth-order valence-corrected chi connectivity index (χ4v) is 6.21. The SMILES string of the molecule is CCCCCCCC/C=C\CCCCCCCCCCC(CN(C)C)OCCCCCCCC/C=C\CCCCCCCC. The van der Waals surface area contributed by atoms with Gasteiger partial charge in [0.05, 0.1) is 6.10 Å². The number of hydrogen-bond donors (Lipinski definition) is 0. The summed E-state index contributed by atoms with van der Waals surface area (Å²) in [6.45, 7) is 6.61. The molecule has 262 valence electrons. The summed E-state index contributed by atoms with van der Waals surface area (Å²) >= 11 is 0. The van der Waals surface area contributed by atoms with Gasteiger partial charge in [-0.15, -0.1) is 0 Å². The van der Waals surface area contributed by atoms with Crippen LogP contribution >= 0.6 is 0 Å². The number of rotatable bonds is 37. The standard InChI is InChI=1S/C42H83NO/c1-5-7-9-11-13-15-17-19-21-23-24-25-27-29-31-33-35-37-39-42(41-43(3)4)44-40-38-36-34-32-30-28-26-22-20-18-16-14-12-10-8-6-2/h19-22,42H,5-18,23-41H2,1-4H3/b21-19-,22-20-. The molecule has 0 radical (unpaired) electrons. The third-order valence-corrected chi connectivity index (χ3v) is 9.12. The molecule has 0 aliphatic carbocycles. The average molecular weight is 618 g/mol. The van der Waals surface area contributed by atoms with Crippen LogP contribution in [0.1, 0.15) is 213 Å². The predicted molar refractivity (Wildman–Crippen MR) is 201 cm³/mol. The molecule has 0 bridgehead atoms. The summed E-state index contributed by atoms with van der Waals surface area (Å²) in [6, 6.07) is 0. The Kier molecular flexibility index (Phi) is 38.1. The Bertz CT molecular complexity index is 568. The molecule has 0 aromatic rings. The second-order valence-corrected chi connectivity index (χ2v) is 14.1. The maximum Gasteiger partial charge on any atom is 0.0701 e. The van der Waals surface area contributed by atoms with Gasteiger partial charge in [0.25, 0.3) is 0 Å². The smallest absolute Gasteiger partial charge is 0.0701 e. The van der Waals surface area contributed by atoms with Crippen molar-refractivity contribution in [1.29, 1.82) is 0 Å². The average Bonchev–Trinajstić information content (AvgIpc) is 3.01. The molecule has 0 fully saturated rings. The molecule has 0 N–H and O–H groups in total. The van der Waals surface area contributed by atoms with Crippen molar-refractivity contribution in [3.05, 3.63) is 24.3 Å². The highest BCUT2D eigenvalue weighted by Crippen LogP contribution is 2.15. The van der Waals surface area contributed by atoms with Crippen LogP contribution < -0.4 is 0 Å². The van der Waals surface area contributed by atoms with Gasteiger partial charge in [-0.25, -0.2) is 0 Å². The van der Waals surface area contributed by atoms with Crippen molar-refractivity contribution in [3.63, 3.8) is 0 Å². The number of ether oxygens (including phenoxy) is 1. The normalized spacial score (nSPS) is 12.8. The minimum atomic E-state index is 0.419. The van der Waals surface area contributed by atoms with Crippen molar-refractivity contribution in [2.45, 2.75) is 219 Å². The zero-order valence-corrected chi connectivity index (χ0v) is 31.1. The lowest BCUT2D eigenvalue weighted by molar-refractivity contribution is 0.0266. The van der Waals surface area contributed by atoms with E-state index >= 15 is 0 Å².